The van der Waals surface area contributed by atoms with E-state index < -0.39 is 41.8 Å². The van der Waals surface area contributed by atoms with E-state index in [0.717, 1.165) is 0 Å². The lowest BCUT2D eigenvalue weighted by atomic mass is 10.2. The van der Waals surface area contributed by atoms with Crippen molar-refractivity contribution in [1.29, 1.82) is 0 Å². The number of nitrogens with zero attached hydrogens (tertiary/aromatic N) is 1. The molecule has 12 heteroatoms. The Labute approximate surface area is 152 Å². The Hall–Kier alpha value is -1.50. The average molecular weight is 423 g/mol. The van der Waals surface area contributed by atoms with E-state index in [2.05, 4.69) is 4.72 Å². The summed E-state index contributed by atoms with van der Waals surface area (Å²) in [7, 11) is -10.9. The fourth-order valence-electron chi connectivity index (χ4n) is 3.10. The van der Waals surface area contributed by atoms with Gasteiger partial charge in [-0.15, -0.1) is 0 Å². The van der Waals surface area contributed by atoms with Crippen molar-refractivity contribution in [2.75, 3.05) is 21.6 Å². The number of rotatable bonds is 4. The molecular formula is C14H18N2O7S3. The van der Waals surface area contributed by atoms with Crippen LogP contribution in [-0.4, -0.2) is 54.5 Å². The van der Waals surface area contributed by atoms with Crippen LogP contribution in [0.1, 0.15) is 18.4 Å². The van der Waals surface area contributed by atoms with Crippen molar-refractivity contribution < 1.29 is 30.0 Å². The highest BCUT2D eigenvalue weighted by atomic mass is 32.2. The third-order valence-corrected chi connectivity index (χ3v) is 9.45. The summed E-state index contributed by atoms with van der Waals surface area (Å²) in [5.41, 5.74) is 0.346. The highest BCUT2D eigenvalue weighted by Crippen LogP contribution is 2.28. The molecule has 2 heterocycles. The number of aryl methyl sites for hydroxylation is 1. The molecule has 0 radical (unpaired) electrons. The normalized spacial score (nSPS) is 24.9. The standard InChI is InChI=1S/C14H18N2O7S3/c1-10-8-12(16-14(17)5-7-25(16,20)21)2-3-13(10)26(22,23)15-11-4-6-24(18,19)9-11/h2-3,8,11,15H,4-7,9H2,1H3/t11-/m0/s1. The van der Waals surface area contributed by atoms with Gasteiger partial charge in [0.25, 0.3) is 0 Å². The van der Waals surface area contributed by atoms with Crippen LogP contribution in [0.25, 0.3) is 0 Å². The monoisotopic (exact) mass is 422 g/mol. The van der Waals surface area contributed by atoms with Crippen LogP contribution in [0.5, 0.6) is 0 Å². The van der Waals surface area contributed by atoms with Crippen molar-refractivity contribution in [2.45, 2.75) is 30.7 Å². The van der Waals surface area contributed by atoms with Gasteiger partial charge in [-0.2, -0.15) is 0 Å². The van der Waals surface area contributed by atoms with Crippen LogP contribution in [0.4, 0.5) is 5.69 Å². The lowest BCUT2D eigenvalue weighted by Gasteiger charge is -2.18. The molecule has 1 aromatic rings. The average Bonchev–Trinajstić information content (AvgIpc) is 2.96. The molecule has 1 atom stereocenters. The number of sulfone groups is 1. The Morgan fingerprint density at radius 3 is 2.35 bits per heavy atom. The number of hydrogen-bond acceptors (Lipinski definition) is 7. The minimum atomic E-state index is -3.97. The van der Waals surface area contributed by atoms with Gasteiger partial charge in [0.2, 0.25) is 26.0 Å². The van der Waals surface area contributed by atoms with Crippen molar-refractivity contribution >= 4 is 41.5 Å². The number of carbonyl (C=O) groups is 1. The molecule has 1 aromatic carbocycles. The summed E-state index contributed by atoms with van der Waals surface area (Å²) in [6.45, 7) is 1.48. The van der Waals surface area contributed by atoms with Crippen molar-refractivity contribution in [3.63, 3.8) is 0 Å². The van der Waals surface area contributed by atoms with Crippen molar-refractivity contribution in [3.05, 3.63) is 23.8 Å². The van der Waals surface area contributed by atoms with Gasteiger partial charge >= 0.3 is 0 Å². The largest absolute Gasteiger partial charge is 0.273 e. The molecule has 26 heavy (non-hydrogen) atoms. The first kappa shape index (κ1) is 19.3. The Bertz CT molecular complexity index is 1080. The summed E-state index contributed by atoms with van der Waals surface area (Å²) in [5, 5.41) is 0. The van der Waals surface area contributed by atoms with E-state index >= 15 is 0 Å². The minimum absolute atomic E-state index is 0.0625. The molecule has 1 amide bonds. The molecule has 2 aliphatic heterocycles. The Kier molecular flexibility index (Phi) is 4.66. The zero-order valence-corrected chi connectivity index (χ0v) is 16.3. The van der Waals surface area contributed by atoms with Gasteiger partial charge in [-0.25, -0.2) is 34.3 Å². The fourth-order valence-corrected chi connectivity index (χ4v) is 7.83. The van der Waals surface area contributed by atoms with E-state index in [1.54, 1.807) is 0 Å². The molecule has 0 bridgehead atoms. The molecule has 2 saturated heterocycles. The molecule has 0 aromatic heterocycles. The van der Waals surface area contributed by atoms with E-state index in [0.29, 0.717) is 4.31 Å². The number of anilines is 1. The summed E-state index contributed by atoms with van der Waals surface area (Å²) in [5.74, 6) is -1.14. The van der Waals surface area contributed by atoms with E-state index in [9.17, 15) is 30.0 Å². The van der Waals surface area contributed by atoms with Gasteiger partial charge in [-0.3, -0.25) is 4.79 Å². The van der Waals surface area contributed by atoms with Crippen LogP contribution in [-0.2, 0) is 34.7 Å². The third kappa shape index (κ3) is 3.63. The van der Waals surface area contributed by atoms with Crippen molar-refractivity contribution in [1.82, 2.24) is 4.72 Å². The predicted molar refractivity (Wildman–Crippen MR) is 94.4 cm³/mol. The maximum absolute atomic E-state index is 12.5. The van der Waals surface area contributed by atoms with Crippen molar-refractivity contribution in [2.24, 2.45) is 0 Å². The quantitative estimate of drug-likeness (QED) is 0.693. The molecule has 3 rings (SSSR count). The Morgan fingerprint density at radius 2 is 1.85 bits per heavy atom. The molecule has 2 aliphatic rings. The summed E-state index contributed by atoms with van der Waals surface area (Å²) in [6.07, 6.45) is 0.0956. The van der Waals surface area contributed by atoms with Crippen LogP contribution >= 0.6 is 0 Å². The predicted octanol–water partition coefficient (Wildman–Crippen LogP) is -0.473. The molecular weight excluding hydrogens is 404 g/mol. The lowest BCUT2D eigenvalue weighted by molar-refractivity contribution is -0.116. The summed E-state index contributed by atoms with van der Waals surface area (Å²) in [6, 6.07) is 3.11. The Morgan fingerprint density at radius 1 is 1.15 bits per heavy atom. The number of sulfonamides is 2. The van der Waals surface area contributed by atoms with Gasteiger partial charge in [0.05, 0.1) is 27.8 Å². The van der Waals surface area contributed by atoms with Gasteiger partial charge in [0, 0.05) is 12.5 Å². The van der Waals surface area contributed by atoms with E-state index in [4.69, 9.17) is 0 Å². The van der Waals surface area contributed by atoms with Crippen LogP contribution in [0, 0.1) is 6.92 Å². The maximum Gasteiger partial charge on any atom is 0.242 e. The first-order valence-corrected chi connectivity index (χ1v) is 12.7. The van der Waals surface area contributed by atoms with Gasteiger partial charge in [-0.05, 0) is 37.1 Å². The van der Waals surface area contributed by atoms with Gasteiger partial charge < -0.3 is 0 Å². The number of hydrogen-bond donors (Lipinski definition) is 1. The molecule has 1 N–H and O–H groups in total. The van der Waals surface area contributed by atoms with Crippen LogP contribution < -0.4 is 9.03 Å². The minimum Gasteiger partial charge on any atom is -0.273 e. The summed E-state index contributed by atoms with van der Waals surface area (Å²) >= 11 is 0. The molecule has 2 fully saturated rings. The molecule has 0 spiro atoms. The second-order valence-corrected chi connectivity index (χ2v) is 12.2. The highest BCUT2D eigenvalue weighted by molar-refractivity contribution is 7.94. The van der Waals surface area contributed by atoms with Crippen LogP contribution in [0.15, 0.2) is 23.1 Å². The third-order valence-electron chi connectivity index (χ3n) is 4.32. The zero-order valence-electron chi connectivity index (χ0n) is 13.9. The lowest BCUT2D eigenvalue weighted by Crippen LogP contribution is -2.36. The summed E-state index contributed by atoms with van der Waals surface area (Å²) < 4.78 is 75.1. The molecule has 144 valence electrons. The topological polar surface area (TPSA) is 135 Å². The van der Waals surface area contributed by atoms with E-state index in [-0.39, 0.29) is 46.2 Å². The second-order valence-electron chi connectivity index (χ2n) is 6.40. The van der Waals surface area contributed by atoms with Crippen LogP contribution in [0.3, 0.4) is 0 Å². The highest BCUT2D eigenvalue weighted by Gasteiger charge is 2.37. The van der Waals surface area contributed by atoms with Gasteiger partial charge in [-0.1, -0.05) is 0 Å². The van der Waals surface area contributed by atoms with E-state index in [1.165, 1.54) is 25.1 Å². The van der Waals surface area contributed by atoms with Crippen LogP contribution in [0.2, 0.25) is 0 Å². The number of benzene rings is 1. The number of amides is 1. The Balaban J connectivity index is 1.89. The van der Waals surface area contributed by atoms with Gasteiger partial charge in [0.1, 0.15) is 0 Å². The molecule has 0 aliphatic carbocycles. The first-order chi connectivity index (χ1) is 11.9. The summed E-state index contributed by atoms with van der Waals surface area (Å²) in [4.78, 5) is 11.7. The molecule has 0 unspecified atom stereocenters. The number of nitrogens with one attached hydrogen (secondary N) is 1. The van der Waals surface area contributed by atoms with Crippen molar-refractivity contribution in [3.8, 4) is 0 Å². The smallest absolute Gasteiger partial charge is 0.242 e. The van der Waals surface area contributed by atoms with E-state index in [1.807, 2.05) is 0 Å². The first-order valence-electron chi connectivity index (χ1n) is 7.80. The van der Waals surface area contributed by atoms with Gasteiger partial charge in [0.15, 0.2) is 9.84 Å². The second kappa shape index (κ2) is 6.29. The SMILES string of the molecule is Cc1cc(N2C(=O)CCS2(=O)=O)ccc1S(=O)(=O)N[C@H]1CCS(=O)(=O)C1. The zero-order chi connectivity index (χ0) is 19.3. The maximum atomic E-state index is 12.5. The molecule has 0 saturated carbocycles. The molecule has 9 nitrogen and oxygen atoms in total. The fraction of sp³-hybridized carbons (Fsp3) is 0.500. The number of carbonyl (C=O) groups excluding carboxylic acids is 1.